The molecule has 1 saturated carbocycles. The Balaban J connectivity index is 0.00000338. The molecule has 6 nitrogen and oxygen atoms in total. The van der Waals surface area contributed by atoms with Crippen LogP contribution in [0.4, 0.5) is 0 Å². The third kappa shape index (κ3) is 8.45. The van der Waals surface area contributed by atoms with Gasteiger partial charge < -0.3 is 16.0 Å². The summed E-state index contributed by atoms with van der Waals surface area (Å²) >= 11 is 0. The van der Waals surface area contributed by atoms with Crippen molar-refractivity contribution in [2.75, 3.05) is 26.7 Å². The van der Waals surface area contributed by atoms with Gasteiger partial charge in [0.1, 0.15) is 0 Å². The van der Waals surface area contributed by atoms with Gasteiger partial charge in [-0.15, -0.1) is 24.8 Å². The van der Waals surface area contributed by atoms with E-state index < -0.39 is 0 Å². The third-order valence-electron chi connectivity index (χ3n) is 5.17. The van der Waals surface area contributed by atoms with Gasteiger partial charge in [-0.2, -0.15) is 0 Å². The molecule has 8 heteroatoms. The van der Waals surface area contributed by atoms with E-state index in [2.05, 4.69) is 10.3 Å². The number of aromatic nitrogens is 1. The molecular weight excluding hydrogens is 387 g/mol. The highest BCUT2D eigenvalue weighted by Gasteiger charge is 2.33. The zero-order chi connectivity index (χ0) is 18.1. The second-order valence-electron chi connectivity index (χ2n) is 7.10. The normalized spacial score (nSPS) is 15.0. The fourth-order valence-corrected chi connectivity index (χ4v) is 3.42. The van der Waals surface area contributed by atoms with E-state index in [-0.39, 0.29) is 48.6 Å². The van der Waals surface area contributed by atoms with Crippen LogP contribution in [0.1, 0.15) is 44.2 Å². The Hall–Kier alpha value is -1.37. The minimum absolute atomic E-state index is 0. The maximum absolute atomic E-state index is 12.2. The van der Waals surface area contributed by atoms with Crippen molar-refractivity contribution in [3.63, 3.8) is 0 Å². The molecule has 0 unspecified atom stereocenters. The second-order valence-corrected chi connectivity index (χ2v) is 7.10. The molecule has 1 aromatic heterocycles. The number of carbonyl (C=O) groups is 2. The predicted molar refractivity (Wildman–Crippen MR) is 112 cm³/mol. The van der Waals surface area contributed by atoms with Gasteiger partial charge in [0.05, 0.1) is 6.54 Å². The molecular formula is C19H32Cl2N4O2. The number of amides is 2. The van der Waals surface area contributed by atoms with Crippen molar-refractivity contribution >= 4 is 36.6 Å². The van der Waals surface area contributed by atoms with Crippen LogP contribution in [0, 0.1) is 5.41 Å². The number of pyridine rings is 1. The average molecular weight is 419 g/mol. The van der Waals surface area contributed by atoms with Crippen LogP contribution in [-0.4, -0.2) is 48.4 Å². The van der Waals surface area contributed by atoms with E-state index in [4.69, 9.17) is 5.73 Å². The van der Waals surface area contributed by atoms with Crippen LogP contribution >= 0.6 is 24.8 Å². The first kappa shape index (κ1) is 25.6. The Morgan fingerprint density at radius 3 is 2.52 bits per heavy atom. The molecule has 1 fully saturated rings. The van der Waals surface area contributed by atoms with Crippen molar-refractivity contribution in [2.24, 2.45) is 11.1 Å². The molecule has 1 aromatic rings. The molecule has 0 aromatic carbocycles. The van der Waals surface area contributed by atoms with Crippen LogP contribution in [0.5, 0.6) is 0 Å². The van der Waals surface area contributed by atoms with E-state index in [1.165, 1.54) is 6.42 Å². The van der Waals surface area contributed by atoms with Gasteiger partial charge >= 0.3 is 0 Å². The lowest BCUT2D eigenvalue weighted by atomic mass is 9.71. The monoisotopic (exact) mass is 418 g/mol. The highest BCUT2D eigenvalue weighted by molar-refractivity contribution is 5.86. The number of hydrogen-bond donors (Lipinski definition) is 2. The molecule has 2 amide bonds. The van der Waals surface area contributed by atoms with Crippen molar-refractivity contribution in [3.05, 3.63) is 30.1 Å². The molecule has 3 N–H and O–H groups in total. The van der Waals surface area contributed by atoms with E-state index in [0.29, 0.717) is 25.9 Å². The molecule has 0 radical (unpaired) electrons. The molecule has 1 aliphatic carbocycles. The third-order valence-corrected chi connectivity index (χ3v) is 5.17. The smallest absolute Gasteiger partial charge is 0.241 e. The summed E-state index contributed by atoms with van der Waals surface area (Å²) in [6, 6.07) is 5.74. The van der Waals surface area contributed by atoms with E-state index >= 15 is 0 Å². The first-order valence-electron chi connectivity index (χ1n) is 9.15. The molecule has 154 valence electrons. The minimum atomic E-state index is -0.0882. The largest absolute Gasteiger partial charge is 0.347 e. The number of halogens is 2. The predicted octanol–water partition coefficient (Wildman–Crippen LogP) is 2.34. The summed E-state index contributed by atoms with van der Waals surface area (Å²) in [5.74, 6) is -0.159. The number of nitrogens with two attached hydrogens (primary N) is 1. The van der Waals surface area contributed by atoms with Gasteiger partial charge in [0.2, 0.25) is 11.8 Å². The lowest BCUT2D eigenvalue weighted by Gasteiger charge is -2.35. The number of nitrogens with zero attached hydrogens (tertiary/aromatic N) is 2. The van der Waals surface area contributed by atoms with Crippen LogP contribution in [0.2, 0.25) is 0 Å². The quantitative estimate of drug-likeness (QED) is 0.677. The Morgan fingerprint density at radius 1 is 1.22 bits per heavy atom. The van der Waals surface area contributed by atoms with Gasteiger partial charge in [0.25, 0.3) is 0 Å². The molecule has 27 heavy (non-hydrogen) atoms. The highest BCUT2D eigenvalue weighted by atomic mass is 35.5. The Bertz CT molecular complexity index is 566. The van der Waals surface area contributed by atoms with Crippen molar-refractivity contribution in [3.8, 4) is 0 Å². The molecule has 1 aliphatic rings. The fourth-order valence-electron chi connectivity index (χ4n) is 3.42. The number of carbonyl (C=O) groups excluding carboxylic acids is 2. The van der Waals surface area contributed by atoms with Gasteiger partial charge in [-0.05, 0) is 36.9 Å². The topological polar surface area (TPSA) is 88.3 Å². The van der Waals surface area contributed by atoms with Gasteiger partial charge in [0, 0.05) is 38.3 Å². The zero-order valence-corrected chi connectivity index (χ0v) is 17.6. The summed E-state index contributed by atoms with van der Waals surface area (Å²) in [5, 5.41) is 2.77. The lowest BCUT2D eigenvalue weighted by molar-refractivity contribution is -0.132. The maximum Gasteiger partial charge on any atom is 0.241 e. The van der Waals surface area contributed by atoms with E-state index in [1.54, 1.807) is 18.1 Å². The van der Waals surface area contributed by atoms with Crippen molar-refractivity contribution in [1.82, 2.24) is 15.2 Å². The molecule has 0 bridgehead atoms. The summed E-state index contributed by atoms with van der Waals surface area (Å²) in [6.45, 7) is 1.16. The Labute approximate surface area is 174 Å². The molecule has 0 spiro atoms. The Morgan fingerprint density at radius 2 is 1.93 bits per heavy atom. The maximum atomic E-state index is 12.2. The first-order valence-corrected chi connectivity index (χ1v) is 9.15. The van der Waals surface area contributed by atoms with E-state index in [1.807, 2.05) is 18.2 Å². The molecule has 0 aliphatic heterocycles. The van der Waals surface area contributed by atoms with Crippen LogP contribution in [0.15, 0.2) is 24.4 Å². The SMILES string of the molecule is CN(CCc1ccccn1)C(=O)CNC(=O)CC1(CN)CCCCC1.Cl.Cl. The summed E-state index contributed by atoms with van der Waals surface area (Å²) in [5.41, 5.74) is 6.80. The number of rotatable bonds is 8. The number of nitrogens with one attached hydrogen (secondary N) is 1. The summed E-state index contributed by atoms with van der Waals surface area (Å²) in [4.78, 5) is 30.3. The van der Waals surface area contributed by atoms with Gasteiger partial charge in [0.15, 0.2) is 0 Å². The summed E-state index contributed by atoms with van der Waals surface area (Å²) in [6.07, 6.45) is 8.39. The van der Waals surface area contributed by atoms with Gasteiger partial charge in [-0.1, -0.05) is 25.3 Å². The van der Waals surface area contributed by atoms with Gasteiger partial charge in [-0.3, -0.25) is 14.6 Å². The summed E-state index contributed by atoms with van der Waals surface area (Å²) in [7, 11) is 1.75. The van der Waals surface area contributed by atoms with Crippen LogP contribution in [-0.2, 0) is 16.0 Å². The van der Waals surface area contributed by atoms with Gasteiger partial charge in [-0.25, -0.2) is 0 Å². The first-order chi connectivity index (χ1) is 12.0. The van der Waals surface area contributed by atoms with Crippen LogP contribution in [0.25, 0.3) is 0 Å². The van der Waals surface area contributed by atoms with Crippen LogP contribution < -0.4 is 11.1 Å². The lowest BCUT2D eigenvalue weighted by Crippen LogP contribution is -2.42. The fraction of sp³-hybridized carbons (Fsp3) is 0.632. The van der Waals surface area contributed by atoms with Crippen molar-refractivity contribution in [2.45, 2.75) is 44.9 Å². The minimum Gasteiger partial charge on any atom is -0.347 e. The highest BCUT2D eigenvalue weighted by Crippen LogP contribution is 2.38. The van der Waals surface area contributed by atoms with E-state index in [0.717, 1.165) is 31.4 Å². The van der Waals surface area contributed by atoms with Crippen molar-refractivity contribution < 1.29 is 9.59 Å². The van der Waals surface area contributed by atoms with Crippen LogP contribution in [0.3, 0.4) is 0 Å². The summed E-state index contributed by atoms with van der Waals surface area (Å²) < 4.78 is 0. The van der Waals surface area contributed by atoms with E-state index in [9.17, 15) is 9.59 Å². The number of hydrogen-bond acceptors (Lipinski definition) is 4. The van der Waals surface area contributed by atoms with Crippen molar-refractivity contribution in [1.29, 1.82) is 0 Å². The number of likely N-dealkylation sites (N-methyl/N-ethyl adjacent to an activating group) is 1. The molecule has 1 heterocycles. The molecule has 0 saturated heterocycles. The Kier molecular flexibility index (Phi) is 12.3. The molecule has 0 atom stereocenters. The zero-order valence-electron chi connectivity index (χ0n) is 16.0. The molecule has 2 rings (SSSR count). The standard InChI is InChI=1S/C19H30N4O2.2ClH/c1-23(12-8-16-7-3-6-11-21-16)18(25)14-22-17(24)13-19(15-20)9-4-2-5-10-19;;/h3,6-7,11H,2,4-5,8-10,12-15,20H2,1H3,(H,22,24);2*1H. The average Bonchev–Trinajstić information content (AvgIpc) is 2.65. The second kappa shape index (κ2) is 12.9.